The highest BCUT2D eigenvalue weighted by atomic mass is 35.5. The average Bonchev–Trinajstić information content (AvgIpc) is 2.49. The van der Waals surface area contributed by atoms with Crippen molar-refractivity contribution in [3.05, 3.63) is 35.4 Å². The highest BCUT2D eigenvalue weighted by Crippen LogP contribution is 2.24. The van der Waals surface area contributed by atoms with Gasteiger partial charge in [0.25, 0.3) is 10.2 Å². The summed E-state index contributed by atoms with van der Waals surface area (Å²) in [4.78, 5) is 0. The molecule has 3 rings (SSSR count). The minimum Gasteiger partial charge on any atom is -0.311 e. The Kier molecular flexibility index (Phi) is 5.50. The molecule has 0 bridgehead atoms. The van der Waals surface area contributed by atoms with Crippen LogP contribution in [-0.4, -0.2) is 48.7 Å². The second-order valence-electron chi connectivity index (χ2n) is 6.09. The molecule has 0 saturated carbocycles. The van der Waals surface area contributed by atoms with Crippen LogP contribution < -0.4 is 5.32 Å². The summed E-state index contributed by atoms with van der Waals surface area (Å²) in [5.74, 6) is 0. The largest absolute Gasteiger partial charge is 0.311 e. The predicted molar refractivity (Wildman–Crippen MR) is 90.4 cm³/mol. The Morgan fingerprint density at radius 3 is 2.59 bits per heavy atom. The van der Waals surface area contributed by atoms with E-state index < -0.39 is 10.2 Å². The molecular formula is C15H24ClN3O2S. The first-order chi connectivity index (χ1) is 9.98. The molecule has 1 aromatic carbocycles. The Labute approximate surface area is 139 Å². The molecule has 2 aliphatic heterocycles. The summed E-state index contributed by atoms with van der Waals surface area (Å²) in [6.07, 6.45) is 0.797. The molecule has 1 fully saturated rings. The van der Waals surface area contributed by atoms with Gasteiger partial charge < -0.3 is 5.32 Å². The van der Waals surface area contributed by atoms with E-state index in [0.717, 1.165) is 12.0 Å². The van der Waals surface area contributed by atoms with Gasteiger partial charge in [-0.1, -0.05) is 24.3 Å². The van der Waals surface area contributed by atoms with Crippen LogP contribution in [0.25, 0.3) is 0 Å². The van der Waals surface area contributed by atoms with Crippen LogP contribution in [0.1, 0.15) is 25.0 Å². The topological polar surface area (TPSA) is 52.7 Å². The van der Waals surface area contributed by atoms with Gasteiger partial charge in [-0.15, -0.1) is 12.4 Å². The molecular weight excluding hydrogens is 322 g/mol. The maximum Gasteiger partial charge on any atom is 0.282 e. The number of nitrogens with zero attached hydrogens (tertiary/aromatic N) is 2. The van der Waals surface area contributed by atoms with Crippen molar-refractivity contribution in [3.8, 4) is 0 Å². The van der Waals surface area contributed by atoms with Crippen LogP contribution in [-0.2, 0) is 23.2 Å². The number of hydrogen-bond donors (Lipinski definition) is 1. The number of nitrogens with one attached hydrogen (secondary N) is 1. The SMILES string of the molecule is CC1CN(S(=O)(=O)N2CCc3ccccc3C2)C(C)CN1.Cl. The van der Waals surface area contributed by atoms with Gasteiger partial charge in [-0.3, -0.25) is 0 Å². The third kappa shape index (κ3) is 3.31. The standard InChI is InChI=1S/C15H23N3O2S.ClH/c1-12-10-18(13(2)9-16-12)21(19,20)17-8-7-14-5-3-4-6-15(14)11-17;/h3-6,12-13,16H,7-11H2,1-2H3;1H. The fourth-order valence-electron chi connectivity index (χ4n) is 3.12. The van der Waals surface area contributed by atoms with Crippen molar-refractivity contribution in [1.29, 1.82) is 0 Å². The van der Waals surface area contributed by atoms with Crippen molar-refractivity contribution in [2.75, 3.05) is 19.6 Å². The molecule has 0 aliphatic carbocycles. The van der Waals surface area contributed by atoms with Crippen molar-refractivity contribution in [2.45, 2.75) is 38.9 Å². The summed E-state index contributed by atoms with van der Waals surface area (Å²) in [5, 5.41) is 3.33. The second-order valence-corrected chi connectivity index (χ2v) is 7.97. The van der Waals surface area contributed by atoms with E-state index in [1.165, 1.54) is 5.56 Å². The van der Waals surface area contributed by atoms with E-state index in [1.807, 2.05) is 32.0 Å². The van der Waals surface area contributed by atoms with Crippen LogP contribution in [0, 0.1) is 0 Å². The molecule has 7 heteroatoms. The highest BCUT2D eigenvalue weighted by molar-refractivity contribution is 7.86. The number of hydrogen-bond acceptors (Lipinski definition) is 3. The molecule has 0 amide bonds. The van der Waals surface area contributed by atoms with Gasteiger partial charge in [-0.2, -0.15) is 17.0 Å². The van der Waals surface area contributed by atoms with Crippen LogP contribution in [0.5, 0.6) is 0 Å². The van der Waals surface area contributed by atoms with E-state index in [0.29, 0.717) is 26.2 Å². The minimum atomic E-state index is -3.38. The lowest BCUT2D eigenvalue weighted by molar-refractivity contribution is 0.222. The summed E-state index contributed by atoms with van der Waals surface area (Å²) in [5.41, 5.74) is 2.40. The quantitative estimate of drug-likeness (QED) is 0.881. The molecule has 1 aromatic rings. The number of fused-ring (bicyclic) bond motifs is 1. The maximum atomic E-state index is 12.9. The molecule has 0 spiro atoms. The lowest BCUT2D eigenvalue weighted by Gasteiger charge is -2.40. The Bertz CT molecular complexity index is 623. The van der Waals surface area contributed by atoms with Gasteiger partial charge in [0.2, 0.25) is 0 Å². The maximum absolute atomic E-state index is 12.9. The molecule has 1 N–H and O–H groups in total. The first-order valence-corrected chi connectivity index (χ1v) is 8.95. The Morgan fingerprint density at radius 1 is 1.18 bits per heavy atom. The summed E-state index contributed by atoms with van der Waals surface area (Å²) >= 11 is 0. The summed E-state index contributed by atoms with van der Waals surface area (Å²) in [6.45, 7) is 6.31. The smallest absolute Gasteiger partial charge is 0.282 e. The van der Waals surface area contributed by atoms with E-state index in [1.54, 1.807) is 8.61 Å². The number of rotatable bonds is 2. The summed E-state index contributed by atoms with van der Waals surface area (Å²) in [6, 6.07) is 8.32. The predicted octanol–water partition coefficient (Wildman–Crippen LogP) is 1.39. The van der Waals surface area contributed by atoms with E-state index in [-0.39, 0.29) is 24.5 Å². The molecule has 124 valence electrons. The minimum absolute atomic E-state index is 0. The van der Waals surface area contributed by atoms with Crippen molar-refractivity contribution in [1.82, 2.24) is 13.9 Å². The Morgan fingerprint density at radius 2 is 1.86 bits per heavy atom. The third-order valence-electron chi connectivity index (χ3n) is 4.43. The highest BCUT2D eigenvalue weighted by Gasteiger charge is 2.37. The molecule has 2 unspecified atom stereocenters. The van der Waals surface area contributed by atoms with Gasteiger partial charge in [0.1, 0.15) is 0 Å². The van der Waals surface area contributed by atoms with Crippen LogP contribution in [0.4, 0.5) is 0 Å². The second kappa shape index (κ2) is 6.84. The third-order valence-corrected chi connectivity index (χ3v) is 6.49. The Balaban J connectivity index is 0.00000176. The van der Waals surface area contributed by atoms with Gasteiger partial charge in [0.15, 0.2) is 0 Å². The molecule has 1 saturated heterocycles. The van der Waals surface area contributed by atoms with E-state index in [4.69, 9.17) is 0 Å². The molecule has 2 atom stereocenters. The normalized spacial score (nSPS) is 27.0. The molecule has 0 aromatic heterocycles. The first-order valence-electron chi connectivity index (χ1n) is 7.55. The first kappa shape index (κ1) is 17.7. The molecule has 0 radical (unpaired) electrons. The van der Waals surface area contributed by atoms with Crippen LogP contribution in [0.15, 0.2) is 24.3 Å². The molecule has 5 nitrogen and oxygen atoms in total. The molecule has 2 aliphatic rings. The van der Waals surface area contributed by atoms with Gasteiger partial charge in [-0.05, 0) is 31.4 Å². The monoisotopic (exact) mass is 345 g/mol. The summed E-state index contributed by atoms with van der Waals surface area (Å²) in [7, 11) is -3.38. The lowest BCUT2D eigenvalue weighted by atomic mass is 10.0. The van der Waals surface area contributed by atoms with Gasteiger partial charge in [0.05, 0.1) is 0 Å². The van der Waals surface area contributed by atoms with E-state index in [9.17, 15) is 8.42 Å². The van der Waals surface area contributed by atoms with Crippen molar-refractivity contribution < 1.29 is 8.42 Å². The zero-order valence-electron chi connectivity index (χ0n) is 13.0. The van der Waals surface area contributed by atoms with Gasteiger partial charge >= 0.3 is 0 Å². The average molecular weight is 346 g/mol. The fourth-order valence-corrected chi connectivity index (χ4v) is 4.99. The van der Waals surface area contributed by atoms with Gasteiger partial charge in [0, 0.05) is 38.3 Å². The summed E-state index contributed by atoms with van der Waals surface area (Å²) < 4.78 is 29.1. The van der Waals surface area contributed by atoms with Crippen LogP contribution in [0.3, 0.4) is 0 Å². The van der Waals surface area contributed by atoms with Crippen molar-refractivity contribution in [3.63, 3.8) is 0 Å². The van der Waals surface area contributed by atoms with Crippen molar-refractivity contribution >= 4 is 22.6 Å². The zero-order chi connectivity index (χ0) is 15.0. The fraction of sp³-hybridized carbons (Fsp3) is 0.600. The number of halogens is 1. The van der Waals surface area contributed by atoms with Crippen LogP contribution in [0.2, 0.25) is 0 Å². The number of piperazine rings is 1. The van der Waals surface area contributed by atoms with Gasteiger partial charge in [-0.25, -0.2) is 0 Å². The lowest BCUT2D eigenvalue weighted by Crippen LogP contribution is -2.59. The van der Waals surface area contributed by atoms with E-state index >= 15 is 0 Å². The zero-order valence-corrected chi connectivity index (χ0v) is 14.7. The Hall–Kier alpha value is -0.660. The van der Waals surface area contributed by atoms with Crippen LogP contribution >= 0.6 is 12.4 Å². The van der Waals surface area contributed by atoms with Crippen molar-refractivity contribution in [2.24, 2.45) is 0 Å². The molecule has 22 heavy (non-hydrogen) atoms. The number of benzene rings is 1. The van der Waals surface area contributed by atoms with E-state index in [2.05, 4.69) is 11.4 Å². The molecule has 2 heterocycles.